The number of H-pyrrole nitrogens is 1. The third-order valence-electron chi connectivity index (χ3n) is 4.49. The molecule has 3 aromatic rings. The number of aromatic nitrogens is 4. The van der Waals surface area contributed by atoms with E-state index in [0.717, 1.165) is 11.6 Å². The Labute approximate surface area is 156 Å². The number of benzene rings is 1. The van der Waals surface area contributed by atoms with Gasteiger partial charge in [-0.15, -0.1) is 0 Å². The van der Waals surface area contributed by atoms with Gasteiger partial charge in [-0.25, -0.2) is 9.78 Å². The molecule has 0 fully saturated rings. The van der Waals surface area contributed by atoms with Gasteiger partial charge in [-0.05, 0) is 12.1 Å². The predicted molar refractivity (Wildman–Crippen MR) is 93.2 cm³/mol. The van der Waals surface area contributed by atoms with Crippen LogP contribution in [0.5, 0.6) is 0 Å². The van der Waals surface area contributed by atoms with Crippen LogP contribution in [0.1, 0.15) is 16.8 Å². The second-order valence-corrected chi connectivity index (χ2v) is 6.49. The first-order valence-corrected chi connectivity index (χ1v) is 8.44. The van der Waals surface area contributed by atoms with Gasteiger partial charge in [0, 0.05) is 25.1 Å². The van der Waals surface area contributed by atoms with Crippen LogP contribution in [0.4, 0.5) is 18.9 Å². The number of alkyl halides is 3. The van der Waals surface area contributed by atoms with Crippen molar-refractivity contribution in [1.29, 1.82) is 0 Å². The number of nitrogens with zero attached hydrogens (tertiary/aromatic N) is 4. The van der Waals surface area contributed by atoms with E-state index in [1.165, 1.54) is 23.0 Å². The minimum atomic E-state index is -4.47. The standard InChI is InChI=1S/C17H13ClF3N5O/c18-15-14(8-22-24-16(15)27)25-6-5-12-10(9-25)7-23-26(12)13-4-2-1-3-11(13)17(19,20)21/h1-4,7-8H,5-6,9H2,(H,24,27). The lowest BCUT2D eigenvalue weighted by Crippen LogP contribution is -2.32. The van der Waals surface area contributed by atoms with Crippen molar-refractivity contribution in [3.8, 4) is 5.69 Å². The lowest BCUT2D eigenvalue weighted by molar-refractivity contribution is -0.137. The molecule has 140 valence electrons. The minimum Gasteiger partial charge on any atom is -0.364 e. The van der Waals surface area contributed by atoms with Gasteiger partial charge in [-0.3, -0.25) is 4.79 Å². The van der Waals surface area contributed by atoms with Crippen LogP contribution in [0.15, 0.2) is 41.5 Å². The predicted octanol–water partition coefficient (Wildman–Crippen LogP) is 3.19. The fourth-order valence-electron chi connectivity index (χ4n) is 3.24. The highest BCUT2D eigenvalue weighted by atomic mass is 35.5. The molecule has 0 atom stereocenters. The fourth-order valence-corrected chi connectivity index (χ4v) is 3.45. The average Bonchev–Trinajstić information content (AvgIpc) is 3.06. The summed E-state index contributed by atoms with van der Waals surface area (Å²) in [7, 11) is 0. The Morgan fingerprint density at radius 1 is 1.15 bits per heavy atom. The molecule has 0 spiro atoms. The summed E-state index contributed by atoms with van der Waals surface area (Å²) in [6.45, 7) is 0.839. The summed E-state index contributed by atoms with van der Waals surface area (Å²) in [5.41, 5.74) is 0.728. The molecule has 6 nitrogen and oxygen atoms in total. The number of nitrogens with one attached hydrogen (secondary N) is 1. The molecule has 4 rings (SSSR count). The second kappa shape index (κ2) is 6.41. The fraction of sp³-hybridized carbons (Fsp3) is 0.235. The van der Waals surface area contributed by atoms with Crippen molar-refractivity contribution < 1.29 is 13.2 Å². The topological polar surface area (TPSA) is 66.8 Å². The molecule has 0 saturated carbocycles. The molecular formula is C17H13ClF3N5O. The quantitative estimate of drug-likeness (QED) is 0.723. The molecular weight excluding hydrogens is 383 g/mol. The Morgan fingerprint density at radius 2 is 1.93 bits per heavy atom. The van der Waals surface area contributed by atoms with Crippen molar-refractivity contribution in [1.82, 2.24) is 20.0 Å². The number of hydrogen-bond acceptors (Lipinski definition) is 4. The Morgan fingerprint density at radius 3 is 2.70 bits per heavy atom. The van der Waals surface area contributed by atoms with Gasteiger partial charge in [-0.2, -0.15) is 23.4 Å². The van der Waals surface area contributed by atoms with Crippen LogP contribution >= 0.6 is 11.6 Å². The summed E-state index contributed by atoms with van der Waals surface area (Å²) in [6, 6.07) is 5.35. The van der Waals surface area contributed by atoms with E-state index in [-0.39, 0.29) is 10.7 Å². The van der Waals surface area contributed by atoms with Crippen molar-refractivity contribution in [3.63, 3.8) is 0 Å². The van der Waals surface area contributed by atoms with Crippen LogP contribution in [0.2, 0.25) is 5.02 Å². The first-order valence-electron chi connectivity index (χ1n) is 8.07. The van der Waals surface area contributed by atoms with Crippen molar-refractivity contribution in [2.75, 3.05) is 11.4 Å². The summed E-state index contributed by atoms with van der Waals surface area (Å²) < 4.78 is 41.3. The van der Waals surface area contributed by atoms with E-state index in [2.05, 4.69) is 15.3 Å². The molecule has 0 aliphatic carbocycles. The largest absolute Gasteiger partial charge is 0.418 e. The van der Waals surface area contributed by atoms with Crippen molar-refractivity contribution in [2.45, 2.75) is 19.1 Å². The van der Waals surface area contributed by atoms with Crippen LogP contribution in [-0.4, -0.2) is 26.5 Å². The zero-order valence-corrected chi connectivity index (χ0v) is 14.6. The molecule has 2 aromatic heterocycles. The first-order chi connectivity index (χ1) is 12.9. The zero-order chi connectivity index (χ0) is 19.2. The molecule has 0 bridgehead atoms. The van der Waals surface area contributed by atoms with E-state index in [1.54, 1.807) is 12.3 Å². The lowest BCUT2D eigenvalue weighted by atomic mass is 10.1. The van der Waals surface area contributed by atoms with Crippen LogP contribution in [0, 0.1) is 0 Å². The number of hydrogen-bond donors (Lipinski definition) is 1. The molecule has 0 saturated heterocycles. The summed E-state index contributed by atoms with van der Waals surface area (Å²) >= 11 is 6.05. The molecule has 1 N–H and O–H groups in total. The molecule has 1 aliphatic heterocycles. The number of halogens is 4. The number of para-hydroxylation sites is 1. The molecule has 1 aliphatic rings. The van der Waals surface area contributed by atoms with E-state index in [4.69, 9.17) is 11.6 Å². The smallest absolute Gasteiger partial charge is 0.364 e. The summed E-state index contributed by atoms with van der Waals surface area (Å²) in [5, 5.41) is 10.2. The molecule has 0 radical (unpaired) electrons. The highest BCUT2D eigenvalue weighted by molar-refractivity contribution is 6.32. The van der Waals surface area contributed by atoms with Gasteiger partial charge in [-0.1, -0.05) is 23.7 Å². The summed E-state index contributed by atoms with van der Waals surface area (Å²) in [5.74, 6) is 0. The van der Waals surface area contributed by atoms with E-state index in [0.29, 0.717) is 30.9 Å². The van der Waals surface area contributed by atoms with Gasteiger partial charge in [0.1, 0.15) is 5.02 Å². The van der Waals surface area contributed by atoms with Gasteiger partial charge in [0.05, 0.1) is 35.0 Å². The number of anilines is 1. The maximum Gasteiger partial charge on any atom is 0.418 e. The molecule has 1 aromatic carbocycles. The first kappa shape index (κ1) is 17.6. The van der Waals surface area contributed by atoms with Crippen LogP contribution in [0.3, 0.4) is 0 Å². The monoisotopic (exact) mass is 395 g/mol. The zero-order valence-electron chi connectivity index (χ0n) is 13.8. The van der Waals surface area contributed by atoms with E-state index in [1.807, 2.05) is 4.90 Å². The molecule has 10 heteroatoms. The normalized spacial score (nSPS) is 14.3. The molecule has 0 unspecified atom stereocenters. The van der Waals surface area contributed by atoms with Crippen LogP contribution in [-0.2, 0) is 19.1 Å². The number of aromatic amines is 1. The van der Waals surface area contributed by atoms with E-state index >= 15 is 0 Å². The van der Waals surface area contributed by atoms with Crippen LogP contribution < -0.4 is 10.5 Å². The minimum absolute atomic E-state index is 0.00412. The van der Waals surface area contributed by atoms with Gasteiger partial charge in [0.15, 0.2) is 0 Å². The summed E-state index contributed by atoms with van der Waals surface area (Å²) in [6.07, 6.45) is -1.02. The van der Waals surface area contributed by atoms with Crippen LogP contribution in [0.25, 0.3) is 5.69 Å². The number of rotatable bonds is 2. The molecule has 0 amide bonds. The summed E-state index contributed by atoms with van der Waals surface area (Å²) in [4.78, 5) is 13.5. The maximum absolute atomic E-state index is 13.3. The molecule has 27 heavy (non-hydrogen) atoms. The maximum atomic E-state index is 13.3. The van der Waals surface area contributed by atoms with Gasteiger partial charge < -0.3 is 4.90 Å². The van der Waals surface area contributed by atoms with Gasteiger partial charge in [0.25, 0.3) is 5.56 Å². The van der Waals surface area contributed by atoms with Crippen molar-refractivity contribution in [2.24, 2.45) is 0 Å². The number of fused-ring (bicyclic) bond motifs is 1. The van der Waals surface area contributed by atoms with Gasteiger partial charge in [0.2, 0.25) is 0 Å². The Bertz CT molecular complexity index is 1060. The van der Waals surface area contributed by atoms with E-state index in [9.17, 15) is 18.0 Å². The second-order valence-electron chi connectivity index (χ2n) is 6.11. The lowest BCUT2D eigenvalue weighted by Gasteiger charge is -2.29. The SMILES string of the molecule is O=c1[nH]ncc(N2CCc3c(cnn3-c3ccccc3C(F)(F)F)C2)c1Cl. The Balaban J connectivity index is 1.72. The molecule has 3 heterocycles. The van der Waals surface area contributed by atoms with Crippen molar-refractivity contribution in [3.05, 3.63) is 68.9 Å². The third kappa shape index (κ3) is 3.08. The third-order valence-corrected chi connectivity index (χ3v) is 4.86. The highest BCUT2D eigenvalue weighted by Gasteiger charge is 2.35. The Hall–Kier alpha value is -2.81. The van der Waals surface area contributed by atoms with Gasteiger partial charge >= 0.3 is 6.18 Å². The van der Waals surface area contributed by atoms with Crippen molar-refractivity contribution >= 4 is 17.3 Å². The highest BCUT2D eigenvalue weighted by Crippen LogP contribution is 2.35. The average molecular weight is 396 g/mol. The van der Waals surface area contributed by atoms with E-state index < -0.39 is 17.3 Å². The Kier molecular flexibility index (Phi) is 4.18.